The topological polar surface area (TPSA) is 77.2 Å². The Labute approximate surface area is 216 Å². The van der Waals surface area contributed by atoms with Crippen molar-refractivity contribution in [2.45, 2.75) is 76.9 Å². The van der Waals surface area contributed by atoms with Gasteiger partial charge >= 0.3 is 6.09 Å². The number of imidazole rings is 1. The third-order valence-corrected chi connectivity index (χ3v) is 8.93. The third kappa shape index (κ3) is 3.89. The first-order valence-electron chi connectivity index (χ1n) is 13.2. The van der Waals surface area contributed by atoms with Crippen LogP contribution in [0.2, 0.25) is 5.02 Å². The highest BCUT2D eigenvalue weighted by Crippen LogP contribution is 2.46. The predicted molar refractivity (Wildman–Crippen MR) is 141 cm³/mol. The second-order valence-electron chi connectivity index (χ2n) is 11.1. The number of aryl methyl sites for hydroxylation is 1. The molecular formula is C27H35ClN6O2. The zero-order valence-electron chi connectivity index (χ0n) is 21.3. The molecule has 2 aromatic heterocycles. The summed E-state index contributed by atoms with van der Waals surface area (Å²) in [4.78, 5) is 19.8. The van der Waals surface area contributed by atoms with E-state index in [-0.39, 0.29) is 18.1 Å². The number of halogens is 1. The molecule has 3 aromatic rings. The molecule has 1 amide bonds. The summed E-state index contributed by atoms with van der Waals surface area (Å²) in [5.74, 6) is 1.26. The van der Waals surface area contributed by atoms with Gasteiger partial charge in [0.05, 0.1) is 41.6 Å². The van der Waals surface area contributed by atoms with Gasteiger partial charge in [-0.15, -0.1) is 0 Å². The minimum atomic E-state index is -0.307. The van der Waals surface area contributed by atoms with E-state index in [1.807, 2.05) is 10.9 Å². The van der Waals surface area contributed by atoms with Crippen molar-refractivity contribution in [3.8, 4) is 0 Å². The lowest BCUT2D eigenvalue weighted by Gasteiger charge is -2.48. The first kappa shape index (κ1) is 23.8. The van der Waals surface area contributed by atoms with E-state index in [1.54, 1.807) is 11.1 Å². The second kappa shape index (κ2) is 9.06. The van der Waals surface area contributed by atoms with Crippen LogP contribution in [0.25, 0.3) is 11.0 Å². The van der Waals surface area contributed by atoms with Crippen LogP contribution in [-0.4, -0.2) is 51.7 Å². The molecule has 36 heavy (non-hydrogen) atoms. The average molecular weight is 511 g/mol. The molecular weight excluding hydrogens is 476 g/mol. The summed E-state index contributed by atoms with van der Waals surface area (Å²) in [6.45, 7) is 7.33. The number of nitrogens with zero attached hydrogens (tertiary/aromatic N) is 5. The Bertz CT molecular complexity index is 1280. The Morgan fingerprint density at radius 1 is 1.28 bits per heavy atom. The summed E-state index contributed by atoms with van der Waals surface area (Å²) in [6, 6.07) is 4.80. The number of carbonyl (C=O) groups excluding carboxylic acids is 1. The number of nitrogens with one attached hydrogen (secondary N) is 1. The fraction of sp³-hybridized carbons (Fsp3) is 0.593. The molecule has 1 N–H and O–H groups in total. The molecule has 0 bridgehead atoms. The van der Waals surface area contributed by atoms with Crippen molar-refractivity contribution in [1.82, 2.24) is 24.6 Å². The van der Waals surface area contributed by atoms with Gasteiger partial charge in [-0.05, 0) is 63.0 Å². The van der Waals surface area contributed by atoms with Gasteiger partial charge in [-0.25, -0.2) is 9.78 Å². The molecule has 2 atom stereocenters. The molecule has 9 heteroatoms. The fourth-order valence-corrected chi connectivity index (χ4v) is 6.79. The normalized spacial score (nSPS) is 22.4. The van der Waals surface area contributed by atoms with Crippen molar-refractivity contribution in [2.75, 3.05) is 25.1 Å². The molecule has 192 valence electrons. The van der Waals surface area contributed by atoms with E-state index >= 15 is 0 Å². The van der Waals surface area contributed by atoms with E-state index in [2.05, 4.69) is 41.0 Å². The van der Waals surface area contributed by atoms with Gasteiger partial charge in [0.2, 0.25) is 0 Å². The summed E-state index contributed by atoms with van der Waals surface area (Å²) in [7, 11) is 1.45. The van der Waals surface area contributed by atoms with Gasteiger partial charge in [0, 0.05) is 42.9 Å². The highest BCUT2D eigenvalue weighted by atomic mass is 35.5. The van der Waals surface area contributed by atoms with Crippen molar-refractivity contribution in [2.24, 2.45) is 5.41 Å². The quantitative estimate of drug-likeness (QED) is 0.515. The minimum Gasteiger partial charge on any atom is -0.452 e. The van der Waals surface area contributed by atoms with E-state index in [4.69, 9.17) is 21.3 Å². The molecule has 1 unspecified atom stereocenters. The molecule has 4 heterocycles. The molecule has 6 rings (SSSR count). The maximum absolute atomic E-state index is 12.7. The standard InChI is InChI=1S/C27H35ClN6O2/c1-17(13-32-14-19(28)12-30-32)25-31-24-21-5-4-18(2)33(26(35)36-3)22(21)6-7-23(24)34(25)20-8-10-27(11-9-20)15-29-16-27/h6-7,12,14,17-18,20,29H,4-5,8-11,13,15-16H2,1-3H3/t17?,18-/m0/s1. The van der Waals surface area contributed by atoms with Crippen LogP contribution in [0, 0.1) is 5.41 Å². The van der Waals surface area contributed by atoms with Crippen LogP contribution in [0.1, 0.15) is 69.3 Å². The Balaban J connectivity index is 1.43. The zero-order chi connectivity index (χ0) is 25.0. The summed E-state index contributed by atoms with van der Waals surface area (Å²) < 4.78 is 9.56. The van der Waals surface area contributed by atoms with Crippen LogP contribution in [0.4, 0.5) is 10.5 Å². The molecule has 1 saturated heterocycles. The summed E-state index contributed by atoms with van der Waals surface area (Å²) in [5, 5.41) is 8.55. The molecule has 2 fully saturated rings. The van der Waals surface area contributed by atoms with Gasteiger partial charge in [0.25, 0.3) is 0 Å². The Kier molecular flexibility index (Phi) is 5.99. The predicted octanol–water partition coefficient (Wildman–Crippen LogP) is 5.30. The molecule has 3 aliphatic rings. The van der Waals surface area contributed by atoms with E-state index in [0.717, 1.165) is 48.5 Å². The third-order valence-electron chi connectivity index (χ3n) is 8.74. The maximum atomic E-state index is 12.7. The summed E-state index contributed by atoms with van der Waals surface area (Å²) in [5.41, 5.74) is 4.79. The number of rotatable bonds is 4. The number of methoxy groups -OCH3 is 1. The fourth-order valence-electron chi connectivity index (χ4n) is 6.63. The molecule has 8 nitrogen and oxygen atoms in total. The lowest BCUT2D eigenvalue weighted by atomic mass is 9.68. The number of benzene rings is 1. The number of fused-ring (bicyclic) bond motifs is 3. The first-order chi connectivity index (χ1) is 17.4. The van der Waals surface area contributed by atoms with Gasteiger partial charge in [0.1, 0.15) is 5.82 Å². The van der Waals surface area contributed by atoms with E-state index in [0.29, 0.717) is 23.0 Å². The highest BCUT2D eigenvalue weighted by molar-refractivity contribution is 6.30. The maximum Gasteiger partial charge on any atom is 0.414 e. The van der Waals surface area contributed by atoms with Crippen molar-refractivity contribution in [3.05, 3.63) is 40.9 Å². The number of hydrogen-bond acceptors (Lipinski definition) is 5. The number of hydrogen-bond donors (Lipinski definition) is 1. The van der Waals surface area contributed by atoms with Crippen LogP contribution in [0.5, 0.6) is 0 Å². The summed E-state index contributed by atoms with van der Waals surface area (Å²) >= 11 is 6.14. The van der Waals surface area contributed by atoms with Crippen LogP contribution < -0.4 is 10.2 Å². The number of amides is 1. The van der Waals surface area contributed by atoms with Gasteiger partial charge in [-0.1, -0.05) is 18.5 Å². The second-order valence-corrected chi connectivity index (χ2v) is 11.6. The molecule has 1 saturated carbocycles. The van der Waals surface area contributed by atoms with Crippen molar-refractivity contribution in [1.29, 1.82) is 0 Å². The largest absolute Gasteiger partial charge is 0.452 e. The molecule has 1 spiro atoms. The molecule has 1 aromatic carbocycles. The Morgan fingerprint density at radius 3 is 2.69 bits per heavy atom. The lowest BCUT2D eigenvalue weighted by molar-refractivity contribution is 0.0841. The van der Waals surface area contributed by atoms with Crippen LogP contribution in [0.3, 0.4) is 0 Å². The molecule has 0 radical (unpaired) electrons. The van der Waals surface area contributed by atoms with Crippen LogP contribution in [0.15, 0.2) is 24.5 Å². The van der Waals surface area contributed by atoms with E-state index < -0.39 is 0 Å². The van der Waals surface area contributed by atoms with Gasteiger partial charge in [0.15, 0.2) is 0 Å². The van der Waals surface area contributed by atoms with Crippen molar-refractivity contribution in [3.63, 3.8) is 0 Å². The number of aromatic nitrogens is 4. The van der Waals surface area contributed by atoms with Crippen molar-refractivity contribution >= 4 is 34.4 Å². The van der Waals surface area contributed by atoms with E-state index in [9.17, 15) is 4.79 Å². The first-order valence-corrected chi connectivity index (χ1v) is 13.6. The Hall–Kier alpha value is -2.58. The molecule has 2 aliphatic heterocycles. The monoisotopic (exact) mass is 510 g/mol. The van der Waals surface area contributed by atoms with Gasteiger partial charge < -0.3 is 14.6 Å². The zero-order valence-corrected chi connectivity index (χ0v) is 22.1. The van der Waals surface area contributed by atoms with E-state index in [1.165, 1.54) is 38.3 Å². The molecule has 1 aliphatic carbocycles. The highest BCUT2D eigenvalue weighted by Gasteiger charge is 2.41. The smallest absolute Gasteiger partial charge is 0.414 e. The SMILES string of the molecule is COC(=O)N1c2ccc3c(nc(C(C)Cn4cc(Cl)cn4)n3C3CCC4(CC3)CNC4)c2CC[C@@H]1C. The van der Waals surface area contributed by atoms with Gasteiger partial charge in [-0.2, -0.15) is 5.10 Å². The number of ether oxygens (including phenoxy) is 1. The van der Waals surface area contributed by atoms with Gasteiger partial charge in [-0.3, -0.25) is 9.58 Å². The number of carbonyl (C=O) groups is 1. The van der Waals surface area contributed by atoms with Crippen molar-refractivity contribution < 1.29 is 9.53 Å². The average Bonchev–Trinajstić information content (AvgIpc) is 3.45. The lowest BCUT2D eigenvalue weighted by Crippen LogP contribution is -2.54. The minimum absolute atomic E-state index is 0.0954. The number of anilines is 1. The van der Waals surface area contributed by atoms with Crippen LogP contribution in [-0.2, 0) is 17.7 Å². The summed E-state index contributed by atoms with van der Waals surface area (Å²) in [6.07, 6.45) is 9.89. The Morgan fingerprint density at radius 2 is 2.06 bits per heavy atom. The van der Waals surface area contributed by atoms with Crippen LogP contribution >= 0.6 is 11.6 Å².